The Kier molecular flexibility index (Phi) is 6.93. The normalized spacial score (nSPS) is 16.7. The van der Waals surface area contributed by atoms with Crippen molar-refractivity contribution in [2.24, 2.45) is 5.92 Å². The number of thiophene rings is 1. The molecule has 1 fully saturated rings. The molecule has 3 nitrogen and oxygen atoms in total. The van der Waals surface area contributed by atoms with Gasteiger partial charge in [0.05, 0.1) is 0 Å². The summed E-state index contributed by atoms with van der Waals surface area (Å²) in [5, 5.41) is 3.28. The van der Waals surface area contributed by atoms with Crippen LogP contribution in [0, 0.1) is 5.92 Å². The van der Waals surface area contributed by atoms with Gasteiger partial charge in [0.25, 0.3) is 0 Å². The number of nitrogens with zero attached hydrogens (tertiary/aromatic N) is 2. The summed E-state index contributed by atoms with van der Waals surface area (Å²) >= 11 is 1.70. The predicted octanol–water partition coefficient (Wildman–Crippen LogP) is 5.08. The second-order valence-electron chi connectivity index (χ2n) is 7.98. The Morgan fingerprint density at radius 2 is 1.73 bits per heavy atom. The van der Waals surface area contributed by atoms with Gasteiger partial charge in [-0.1, -0.05) is 67.6 Å². The van der Waals surface area contributed by atoms with Crippen molar-refractivity contribution < 1.29 is 4.79 Å². The van der Waals surface area contributed by atoms with Crippen molar-refractivity contribution in [2.45, 2.75) is 6.92 Å². The lowest BCUT2D eigenvalue weighted by Crippen LogP contribution is -2.47. The van der Waals surface area contributed by atoms with Crippen molar-refractivity contribution in [1.82, 2.24) is 9.80 Å². The average molecular weight is 417 g/mol. The van der Waals surface area contributed by atoms with Crippen LogP contribution in [0.5, 0.6) is 0 Å². The number of rotatable bonds is 7. The van der Waals surface area contributed by atoms with Crippen molar-refractivity contribution in [1.29, 1.82) is 0 Å². The second-order valence-corrected chi connectivity index (χ2v) is 8.89. The third kappa shape index (κ3) is 4.97. The summed E-state index contributed by atoms with van der Waals surface area (Å²) in [5.74, 6) is 2.44. The molecule has 1 unspecified atom stereocenters. The summed E-state index contributed by atoms with van der Waals surface area (Å²) in [6.45, 7) is 8.25. The first-order valence-electron chi connectivity index (χ1n) is 10.6. The standard InChI is InChI=1S/C26H28N2OS/c1-21(24(19-29)25-20-30-26-12-6-5-11-23(25)26)18-28-16-14-27(15-17-28)13-7-10-22-8-3-2-4-9-22/h2-12,20-21H,13-18H2,1H3. The van der Waals surface area contributed by atoms with Crippen LogP contribution < -0.4 is 0 Å². The van der Waals surface area contributed by atoms with Gasteiger partial charge in [-0.05, 0) is 11.6 Å². The molecule has 0 bridgehead atoms. The maximum Gasteiger partial charge on any atom is 0.128 e. The molecule has 154 valence electrons. The highest BCUT2D eigenvalue weighted by molar-refractivity contribution is 7.17. The number of hydrogen-bond acceptors (Lipinski definition) is 4. The van der Waals surface area contributed by atoms with Crippen molar-refractivity contribution in [3.8, 4) is 0 Å². The van der Waals surface area contributed by atoms with Crippen LogP contribution in [0.4, 0.5) is 0 Å². The van der Waals surface area contributed by atoms with Crippen LogP contribution in [-0.2, 0) is 4.79 Å². The van der Waals surface area contributed by atoms with Gasteiger partial charge in [-0.15, -0.1) is 11.3 Å². The molecule has 4 rings (SSSR count). The first-order chi connectivity index (χ1) is 14.7. The third-order valence-corrected chi connectivity index (χ3v) is 6.81. The highest BCUT2D eigenvalue weighted by Crippen LogP contribution is 2.33. The Morgan fingerprint density at radius 1 is 1.03 bits per heavy atom. The van der Waals surface area contributed by atoms with E-state index in [-0.39, 0.29) is 5.92 Å². The lowest BCUT2D eigenvalue weighted by atomic mass is 9.94. The van der Waals surface area contributed by atoms with Crippen LogP contribution in [-0.4, -0.2) is 55.0 Å². The molecule has 0 spiro atoms. The van der Waals surface area contributed by atoms with Gasteiger partial charge in [-0.3, -0.25) is 4.90 Å². The maximum absolute atomic E-state index is 11.8. The third-order valence-electron chi connectivity index (χ3n) is 5.84. The Hall–Kier alpha value is -2.49. The van der Waals surface area contributed by atoms with E-state index in [1.54, 1.807) is 11.3 Å². The number of carbonyl (C=O) groups excluding carboxylic acids is 1. The number of piperazine rings is 1. The minimum Gasteiger partial charge on any atom is -0.300 e. The fraction of sp³-hybridized carbons (Fsp3) is 0.308. The zero-order valence-electron chi connectivity index (χ0n) is 17.5. The van der Waals surface area contributed by atoms with E-state index in [4.69, 9.17) is 0 Å². The van der Waals surface area contributed by atoms with Crippen molar-refractivity contribution in [3.63, 3.8) is 0 Å². The van der Waals surface area contributed by atoms with Crippen LogP contribution in [0.1, 0.15) is 18.1 Å². The van der Waals surface area contributed by atoms with Gasteiger partial charge in [0.15, 0.2) is 0 Å². The fourth-order valence-electron chi connectivity index (χ4n) is 4.14. The van der Waals surface area contributed by atoms with Gasteiger partial charge in [-0.2, -0.15) is 0 Å². The van der Waals surface area contributed by atoms with Gasteiger partial charge < -0.3 is 4.90 Å². The molecule has 1 aliphatic heterocycles. The van der Waals surface area contributed by atoms with Crippen LogP contribution in [0.2, 0.25) is 0 Å². The van der Waals surface area contributed by atoms with Gasteiger partial charge in [0.1, 0.15) is 5.94 Å². The molecule has 0 radical (unpaired) electrons. The van der Waals surface area contributed by atoms with Crippen molar-refractivity contribution in [2.75, 3.05) is 39.3 Å². The average Bonchev–Trinajstić information content (AvgIpc) is 3.20. The molecule has 3 aromatic rings. The summed E-state index contributed by atoms with van der Waals surface area (Å²) in [6.07, 6.45) is 4.45. The van der Waals surface area contributed by atoms with Gasteiger partial charge >= 0.3 is 0 Å². The van der Waals surface area contributed by atoms with E-state index in [9.17, 15) is 4.79 Å². The SMILES string of the molecule is CC(CN1CCN(CC=Cc2ccccc2)CC1)C(=C=O)c1csc2ccccc12. The number of fused-ring (bicyclic) bond motifs is 1. The molecule has 1 aromatic heterocycles. The highest BCUT2D eigenvalue weighted by Gasteiger charge is 2.22. The summed E-state index contributed by atoms with van der Waals surface area (Å²) in [4.78, 5) is 16.8. The molecule has 0 amide bonds. The minimum atomic E-state index is 0.171. The Balaban J connectivity index is 1.30. The largest absolute Gasteiger partial charge is 0.300 e. The maximum atomic E-state index is 11.8. The highest BCUT2D eigenvalue weighted by atomic mass is 32.1. The molecule has 1 atom stereocenters. The first-order valence-corrected chi connectivity index (χ1v) is 11.5. The molecule has 0 N–H and O–H groups in total. The Bertz CT molecular complexity index is 1040. The summed E-state index contributed by atoms with van der Waals surface area (Å²) in [5.41, 5.74) is 3.11. The molecule has 1 aliphatic rings. The predicted molar refractivity (Wildman–Crippen MR) is 128 cm³/mol. The molecule has 2 heterocycles. The van der Waals surface area contributed by atoms with Crippen molar-refractivity contribution in [3.05, 3.63) is 77.2 Å². The number of benzene rings is 2. The van der Waals surface area contributed by atoms with Crippen LogP contribution >= 0.6 is 11.3 Å². The molecule has 0 saturated carbocycles. The summed E-state index contributed by atoms with van der Waals surface area (Å²) < 4.78 is 1.23. The molecule has 2 aromatic carbocycles. The molecular formula is C26H28N2OS. The zero-order valence-corrected chi connectivity index (χ0v) is 18.3. The summed E-state index contributed by atoms with van der Waals surface area (Å²) in [6, 6.07) is 18.7. The minimum absolute atomic E-state index is 0.171. The smallest absolute Gasteiger partial charge is 0.128 e. The van der Waals surface area contributed by atoms with Crippen LogP contribution in [0.15, 0.2) is 66.1 Å². The van der Waals surface area contributed by atoms with E-state index in [0.717, 1.165) is 50.4 Å². The first kappa shape index (κ1) is 20.8. The molecule has 30 heavy (non-hydrogen) atoms. The topological polar surface area (TPSA) is 23.6 Å². The van der Waals surface area contributed by atoms with E-state index >= 15 is 0 Å². The monoisotopic (exact) mass is 416 g/mol. The molecular weight excluding hydrogens is 388 g/mol. The lowest BCUT2D eigenvalue weighted by Gasteiger charge is -2.35. The Labute approximate surface area is 182 Å². The lowest BCUT2D eigenvalue weighted by molar-refractivity contribution is 0.136. The number of hydrogen-bond donors (Lipinski definition) is 0. The molecule has 0 aliphatic carbocycles. The van der Waals surface area contributed by atoms with Crippen LogP contribution in [0.25, 0.3) is 21.7 Å². The second kappa shape index (κ2) is 10.0. The zero-order chi connectivity index (χ0) is 20.8. The van der Waals surface area contributed by atoms with Crippen molar-refractivity contribution >= 4 is 39.0 Å². The van der Waals surface area contributed by atoms with Gasteiger partial charge in [0.2, 0.25) is 0 Å². The van der Waals surface area contributed by atoms with E-state index < -0.39 is 0 Å². The van der Waals surface area contributed by atoms with Gasteiger partial charge in [0, 0.05) is 71.8 Å². The van der Waals surface area contributed by atoms with E-state index in [0.29, 0.717) is 0 Å². The van der Waals surface area contributed by atoms with Gasteiger partial charge in [-0.25, -0.2) is 4.79 Å². The molecule has 4 heteroatoms. The van der Waals surface area contributed by atoms with Crippen LogP contribution in [0.3, 0.4) is 0 Å². The van der Waals surface area contributed by atoms with E-state index in [1.807, 2.05) is 18.2 Å². The Morgan fingerprint density at radius 3 is 2.50 bits per heavy atom. The summed E-state index contributed by atoms with van der Waals surface area (Å²) in [7, 11) is 0. The molecule has 1 saturated heterocycles. The quantitative estimate of drug-likeness (QED) is 0.502. The fourth-order valence-corrected chi connectivity index (χ4v) is 5.10. The van der Waals surface area contributed by atoms with E-state index in [2.05, 4.69) is 76.6 Å². The van der Waals surface area contributed by atoms with E-state index in [1.165, 1.54) is 15.6 Å².